The summed E-state index contributed by atoms with van der Waals surface area (Å²) in [6.07, 6.45) is -5.51. The van der Waals surface area contributed by atoms with Gasteiger partial charge in [0.05, 0.1) is 17.2 Å². The molecule has 1 heterocycles. The summed E-state index contributed by atoms with van der Waals surface area (Å²) >= 11 is 12.7. The summed E-state index contributed by atoms with van der Waals surface area (Å²) in [5.74, 6) is -2.49. The Bertz CT molecular complexity index is 1450. The molecule has 11 heteroatoms. The highest BCUT2D eigenvalue weighted by Gasteiger charge is 2.41. The number of nitrogens with one attached hydrogen (secondary N) is 1. The number of fused-ring (bicyclic) bond motifs is 1. The van der Waals surface area contributed by atoms with Crippen molar-refractivity contribution >= 4 is 46.0 Å². The first-order valence-electron chi connectivity index (χ1n) is 11.2. The predicted octanol–water partition coefficient (Wildman–Crippen LogP) is 6.75. The summed E-state index contributed by atoms with van der Waals surface area (Å²) < 4.78 is 54.5. The SMILES string of the molecule is COC(=O)[C@H](Cc1cc(Cl)c(OCc2cccc3cc(-c4ccccc4)oc23)c(Cl)c1)NC(=O)C(F)(F)F. The number of rotatable bonds is 8. The van der Waals surface area contributed by atoms with Crippen molar-refractivity contribution in [2.45, 2.75) is 25.2 Å². The van der Waals surface area contributed by atoms with Crippen molar-refractivity contribution in [3.63, 3.8) is 0 Å². The van der Waals surface area contributed by atoms with Gasteiger partial charge in [-0.1, -0.05) is 71.7 Å². The summed E-state index contributed by atoms with van der Waals surface area (Å²) in [6.45, 7) is 0.0598. The number of ether oxygens (including phenoxy) is 2. The second kappa shape index (κ2) is 11.4. The third kappa shape index (κ3) is 6.23. The molecule has 0 saturated carbocycles. The van der Waals surface area contributed by atoms with Crippen LogP contribution in [0.5, 0.6) is 5.75 Å². The number of hydrogen-bond acceptors (Lipinski definition) is 5. The third-order valence-electron chi connectivity index (χ3n) is 5.60. The van der Waals surface area contributed by atoms with E-state index < -0.39 is 24.1 Å². The maximum atomic E-state index is 12.7. The standard InChI is InChI=1S/C27H20Cl2F3NO5/c1-36-25(34)21(33-26(35)27(30,31)32)12-15-10-19(28)24(20(29)11-15)37-14-18-9-5-8-17-13-22(38-23(17)18)16-6-3-2-4-7-16/h2-11,13,21H,12,14H2,1H3,(H,33,35)/t21-/m0/s1. The van der Waals surface area contributed by atoms with Gasteiger partial charge < -0.3 is 19.2 Å². The van der Waals surface area contributed by atoms with Crippen LogP contribution in [0.2, 0.25) is 10.0 Å². The van der Waals surface area contributed by atoms with E-state index in [-0.39, 0.29) is 34.4 Å². The number of alkyl halides is 3. The van der Waals surface area contributed by atoms with Crippen molar-refractivity contribution in [1.82, 2.24) is 5.32 Å². The van der Waals surface area contributed by atoms with Crippen LogP contribution >= 0.6 is 23.2 Å². The maximum Gasteiger partial charge on any atom is 0.471 e. The highest BCUT2D eigenvalue weighted by molar-refractivity contribution is 6.37. The van der Waals surface area contributed by atoms with Gasteiger partial charge in [0.25, 0.3) is 0 Å². The molecule has 1 N–H and O–H groups in total. The number of carbonyl (C=O) groups is 2. The molecule has 198 valence electrons. The fourth-order valence-corrected chi connectivity index (χ4v) is 4.45. The maximum absolute atomic E-state index is 12.7. The Hall–Kier alpha value is -3.69. The lowest BCUT2D eigenvalue weighted by molar-refractivity contribution is -0.175. The lowest BCUT2D eigenvalue weighted by Crippen LogP contribution is -2.48. The van der Waals surface area contributed by atoms with Crippen molar-refractivity contribution in [2.24, 2.45) is 0 Å². The van der Waals surface area contributed by atoms with E-state index >= 15 is 0 Å². The first-order valence-corrected chi connectivity index (χ1v) is 12.0. The third-order valence-corrected chi connectivity index (χ3v) is 6.16. The molecule has 1 amide bonds. The highest BCUT2D eigenvalue weighted by Crippen LogP contribution is 2.36. The number of furan rings is 1. The van der Waals surface area contributed by atoms with Crippen LogP contribution < -0.4 is 10.1 Å². The van der Waals surface area contributed by atoms with E-state index in [4.69, 9.17) is 32.4 Å². The van der Waals surface area contributed by atoms with E-state index in [0.29, 0.717) is 11.3 Å². The summed E-state index contributed by atoms with van der Waals surface area (Å²) in [4.78, 5) is 23.3. The van der Waals surface area contributed by atoms with Crippen molar-refractivity contribution in [2.75, 3.05) is 7.11 Å². The minimum atomic E-state index is -5.17. The number of benzene rings is 3. The van der Waals surface area contributed by atoms with E-state index in [1.165, 1.54) is 12.1 Å². The summed E-state index contributed by atoms with van der Waals surface area (Å²) in [5, 5.41) is 2.63. The van der Waals surface area contributed by atoms with E-state index in [2.05, 4.69) is 4.74 Å². The Morgan fingerprint density at radius 2 is 1.68 bits per heavy atom. The first kappa shape index (κ1) is 27.3. The van der Waals surface area contributed by atoms with Gasteiger partial charge in [0.2, 0.25) is 0 Å². The summed E-state index contributed by atoms with van der Waals surface area (Å²) in [7, 11) is 0.994. The van der Waals surface area contributed by atoms with Gasteiger partial charge in [0, 0.05) is 22.9 Å². The number of halogens is 5. The average molecular weight is 566 g/mol. The van der Waals surface area contributed by atoms with Crippen LogP contribution in [0.1, 0.15) is 11.1 Å². The number of methoxy groups -OCH3 is 1. The van der Waals surface area contributed by atoms with Crippen LogP contribution in [0.25, 0.3) is 22.3 Å². The topological polar surface area (TPSA) is 77.8 Å². The molecule has 38 heavy (non-hydrogen) atoms. The molecule has 1 aromatic heterocycles. The second-order valence-corrected chi connectivity index (χ2v) is 9.05. The smallest absolute Gasteiger partial charge is 0.471 e. The van der Waals surface area contributed by atoms with Gasteiger partial charge in [0.15, 0.2) is 5.75 Å². The first-order chi connectivity index (χ1) is 18.1. The number of hydrogen-bond donors (Lipinski definition) is 1. The molecule has 6 nitrogen and oxygen atoms in total. The minimum absolute atomic E-state index is 0.0598. The van der Waals surface area contributed by atoms with E-state index in [1.807, 2.05) is 54.6 Å². The van der Waals surface area contributed by atoms with Gasteiger partial charge in [0.1, 0.15) is 24.0 Å². The molecule has 0 spiro atoms. The van der Waals surface area contributed by atoms with Gasteiger partial charge in [-0.3, -0.25) is 4.79 Å². The molecule has 4 aromatic rings. The van der Waals surface area contributed by atoms with Crippen LogP contribution in [0, 0.1) is 0 Å². The van der Waals surface area contributed by atoms with Crippen molar-refractivity contribution < 1.29 is 36.7 Å². The molecule has 0 saturated heterocycles. The average Bonchev–Trinajstić information content (AvgIpc) is 3.32. The van der Waals surface area contributed by atoms with Gasteiger partial charge in [-0.05, 0) is 23.8 Å². The Balaban J connectivity index is 1.52. The monoisotopic (exact) mass is 565 g/mol. The van der Waals surface area contributed by atoms with E-state index in [9.17, 15) is 22.8 Å². The molecular weight excluding hydrogens is 546 g/mol. The molecule has 3 aromatic carbocycles. The van der Waals surface area contributed by atoms with Gasteiger partial charge in [-0.15, -0.1) is 0 Å². The Morgan fingerprint density at radius 3 is 2.32 bits per heavy atom. The van der Waals surface area contributed by atoms with Gasteiger partial charge in [-0.25, -0.2) is 4.79 Å². The van der Waals surface area contributed by atoms with Crippen LogP contribution in [-0.4, -0.2) is 31.2 Å². The lowest BCUT2D eigenvalue weighted by Gasteiger charge is -2.18. The zero-order valence-electron chi connectivity index (χ0n) is 19.8. The molecule has 0 aliphatic rings. The summed E-state index contributed by atoms with van der Waals surface area (Å²) in [5.41, 5.74) is 2.58. The molecule has 0 aliphatic carbocycles. The minimum Gasteiger partial charge on any atom is -0.486 e. The molecule has 0 unspecified atom stereocenters. The van der Waals surface area contributed by atoms with Crippen LogP contribution in [-0.2, 0) is 27.4 Å². The normalized spacial score (nSPS) is 12.3. The quantitative estimate of drug-likeness (QED) is 0.239. The Morgan fingerprint density at radius 1 is 1.00 bits per heavy atom. The van der Waals surface area contributed by atoms with Crippen molar-refractivity contribution in [3.05, 3.63) is 87.9 Å². The van der Waals surface area contributed by atoms with Crippen LogP contribution in [0.3, 0.4) is 0 Å². The number of para-hydroxylation sites is 1. The highest BCUT2D eigenvalue weighted by atomic mass is 35.5. The zero-order chi connectivity index (χ0) is 27.4. The molecular formula is C27H20Cl2F3NO5. The molecule has 0 aliphatic heterocycles. The van der Waals surface area contributed by atoms with Crippen LogP contribution in [0.15, 0.2) is 71.1 Å². The van der Waals surface area contributed by atoms with Crippen LogP contribution in [0.4, 0.5) is 13.2 Å². The second-order valence-electron chi connectivity index (χ2n) is 8.24. The fourth-order valence-electron chi connectivity index (χ4n) is 3.81. The summed E-state index contributed by atoms with van der Waals surface area (Å²) in [6, 6.07) is 18.3. The van der Waals surface area contributed by atoms with Crippen molar-refractivity contribution in [3.8, 4) is 17.1 Å². The molecule has 1 atom stereocenters. The number of esters is 1. The molecule has 0 radical (unpaired) electrons. The Kier molecular flexibility index (Phi) is 8.18. The molecule has 0 fully saturated rings. The van der Waals surface area contributed by atoms with Crippen molar-refractivity contribution in [1.29, 1.82) is 0 Å². The number of amides is 1. The van der Waals surface area contributed by atoms with Gasteiger partial charge in [-0.2, -0.15) is 13.2 Å². The zero-order valence-corrected chi connectivity index (χ0v) is 21.3. The fraction of sp³-hybridized carbons (Fsp3) is 0.185. The van der Waals surface area contributed by atoms with E-state index in [1.54, 1.807) is 5.32 Å². The van der Waals surface area contributed by atoms with Gasteiger partial charge >= 0.3 is 18.1 Å². The number of carbonyl (C=O) groups excluding carboxylic acids is 2. The molecule has 0 bridgehead atoms. The predicted molar refractivity (Wildman–Crippen MR) is 136 cm³/mol. The van der Waals surface area contributed by atoms with E-state index in [0.717, 1.165) is 23.6 Å². The molecule has 4 rings (SSSR count). The Labute approximate surface area is 225 Å². The largest absolute Gasteiger partial charge is 0.486 e. The lowest BCUT2D eigenvalue weighted by atomic mass is 10.1.